The van der Waals surface area contributed by atoms with Crippen LogP contribution in [0.3, 0.4) is 0 Å². The van der Waals surface area contributed by atoms with E-state index in [1.807, 2.05) is 47.4 Å². The fourth-order valence-electron chi connectivity index (χ4n) is 4.26. The SMILES string of the molecule is COc1ccc(C(CC(=O)N2CCCC2)N2Cc3ccccc3C2=O)cc1OC. The number of rotatable bonds is 6. The van der Waals surface area contributed by atoms with Crippen molar-refractivity contribution in [1.29, 1.82) is 0 Å². The van der Waals surface area contributed by atoms with Crippen molar-refractivity contribution in [1.82, 2.24) is 9.80 Å². The van der Waals surface area contributed by atoms with Crippen LogP contribution in [0.2, 0.25) is 0 Å². The second-order valence-corrected chi connectivity index (χ2v) is 7.51. The molecule has 2 heterocycles. The van der Waals surface area contributed by atoms with Crippen molar-refractivity contribution in [3.05, 3.63) is 59.2 Å². The van der Waals surface area contributed by atoms with Gasteiger partial charge in [0, 0.05) is 25.2 Å². The Morgan fingerprint density at radius 2 is 1.76 bits per heavy atom. The van der Waals surface area contributed by atoms with Gasteiger partial charge in [-0.2, -0.15) is 0 Å². The number of carbonyl (C=O) groups excluding carboxylic acids is 2. The summed E-state index contributed by atoms with van der Waals surface area (Å²) in [6.45, 7) is 2.10. The molecule has 2 aliphatic heterocycles. The van der Waals surface area contributed by atoms with E-state index in [0.29, 0.717) is 23.6 Å². The normalized spacial score (nSPS) is 16.7. The molecule has 29 heavy (non-hydrogen) atoms. The molecule has 4 rings (SSSR count). The standard InChI is InChI=1S/C23H26N2O4/c1-28-20-10-9-16(13-21(20)29-2)19(14-22(26)24-11-5-6-12-24)25-15-17-7-3-4-8-18(17)23(25)27/h3-4,7-10,13,19H,5-6,11-12,14-15H2,1-2H3. The predicted octanol–water partition coefficient (Wildman–Crippen LogP) is 3.41. The number of benzene rings is 2. The second-order valence-electron chi connectivity index (χ2n) is 7.51. The minimum atomic E-state index is -0.359. The lowest BCUT2D eigenvalue weighted by Crippen LogP contribution is -2.35. The summed E-state index contributed by atoms with van der Waals surface area (Å²) in [7, 11) is 3.18. The third-order valence-corrected chi connectivity index (χ3v) is 5.84. The highest BCUT2D eigenvalue weighted by molar-refractivity contribution is 5.98. The van der Waals surface area contributed by atoms with Crippen LogP contribution in [0.5, 0.6) is 11.5 Å². The Kier molecular flexibility index (Phi) is 5.43. The average molecular weight is 394 g/mol. The van der Waals surface area contributed by atoms with Crippen LogP contribution in [0.25, 0.3) is 0 Å². The maximum atomic E-state index is 13.1. The number of fused-ring (bicyclic) bond motifs is 1. The number of ether oxygens (including phenoxy) is 2. The number of carbonyl (C=O) groups is 2. The monoisotopic (exact) mass is 394 g/mol. The van der Waals surface area contributed by atoms with E-state index in [-0.39, 0.29) is 24.3 Å². The van der Waals surface area contributed by atoms with Gasteiger partial charge in [0.05, 0.1) is 26.7 Å². The van der Waals surface area contributed by atoms with Crippen molar-refractivity contribution in [2.45, 2.75) is 31.8 Å². The van der Waals surface area contributed by atoms with Crippen LogP contribution in [-0.4, -0.2) is 48.9 Å². The molecule has 0 aliphatic carbocycles. The molecule has 2 amide bonds. The van der Waals surface area contributed by atoms with Crippen LogP contribution in [0.15, 0.2) is 42.5 Å². The van der Waals surface area contributed by atoms with Crippen LogP contribution >= 0.6 is 0 Å². The van der Waals surface area contributed by atoms with Gasteiger partial charge in [0.15, 0.2) is 11.5 Å². The minimum Gasteiger partial charge on any atom is -0.493 e. The fourth-order valence-corrected chi connectivity index (χ4v) is 4.26. The summed E-state index contributed by atoms with van der Waals surface area (Å²) in [5, 5.41) is 0. The molecule has 2 aliphatic rings. The average Bonchev–Trinajstić information content (AvgIpc) is 3.40. The van der Waals surface area contributed by atoms with E-state index in [1.54, 1.807) is 19.1 Å². The molecule has 1 saturated heterocycles. The zero-order valence-electron chi connectivity index (χ0n) is 16.9. The Labute approximate surface area is 171 Å². The highest BCUT2D eigenvalue weighted by Crippen LogP contribution is 2.37. The molecule has 0 bridgehead atoms. The lowest BCUT2D eigenvalue weighted by Gasteiger charge is -2.30. The largest absolute Gasteiger partial charge is 0.493 e. The molecule has 1 fully saturated rings. The summed E-state index contributed by atoms with van der Waals surface area (Å²) in [4.78, 5) is 29.8. The Morgan fingerprint density at radius 3 is 2.45 bits per heavy atom. The zero-order chi connectivity index (χ0) is 20.4. The lowest BCUT2D eigenvalue weighted by molar-refractivity contribution is -0.131. The van der Waals surface area contributed by atoms with Gasteiger partial charge in [-0.1, -0.05) is 24.3 Å². The fraction of sp³-hybridized carbons (Fsp3) is 0.391. The molecule has 0 radical (unpaired) electrons. The Bertz CT molecular complexity index is 921. The number of hydrogen-bond donors (Lipinski definition) is 0. The third-order valence-electron chi connectivity index (χ3n) is 5.84. The first kappa shape index (κ1) is 19.3. The van der Waals surface area contributed by atoms with Crippen LogP contribution in [0, 0.1) is 0 Å². The lowest BCUT2D eigenvalue weighted by atomic mass is 10.0. The van der Waals surface area contributed by atoms with Crippen LogP contribution in [-0.2, 0) is 11.3 Å². The highest BCUT2D eigenvalue weighted by atomic mass is 16.5. The number of amides is 2. The molecular weight excluding hydrogens is 368 g/mol. The maximum absolute atomic E-state index is 13.1. The number of likely N-dealkylation sites (tertiary alicyclic amines) is 1. The summed E-state index contributed by atoms with van der Waals surface area (Å²) in [5.41, 5.74) is 2.58. The molecule has 152 valence electrons. The summed E-state index contributed by atoms with van der Waals surface area (Å²) >= 11 is 0. The third kappa shape index (κ3) is 3.67. The summed E-state index contributed by atoms with van der Waals surface area (Å²) < 4.78 is 10.8. The van der Waals surface area contributed by atoms with E-state index in [0.717, 1.165) is 37.1 Å². The summed E-state index contributed by atoms with van der Waals surface area (Å²) in [6.07, 6.45) is 2.34. The molecule has 6 nitrogen and oxygen atoms in total. The Morgan fingerprint density at radius 1 is 1.03 bits per heavy atom. The predicted molar refractivity (Wildman–Crippen MR) is 109 cm³/mol. The molecule has 1 unspecified atom stereocenters. The number of nitrogens with zero attached hydrogens (tertiary/aromatic N) is 2. The second kappa shape index (κ2) is 8.15. The summed E-state index contributed by atoms with van der Waals surface area (Å²) in [6, 6.07) is 12.9. The molecule has 2 aromatic carbocycles. The van der Waals surface area contributed by atoms with Gasteiger partial charge >= 0.3 is 0 Å². The maximum Gasteiger partial charge on any atom is 0.255 e. The van der Waals surface area contributed by atoms with Crippen molar-refractivity contribution in [3.8, 4) is 11.5 Å². The molecule has 0 aromatic heterocycles. The first-order valence-corrected chi connectivity index (χ1v) is 10.0. The first-order chi connectivity index (χ1) is 14.1. The van der Waals surface area contributed by atoms with Gasteiger partial charge in [-0.3, -0.25) is 9.59 Å². The van der Waals surface area contributed by atoms with E-state index in [1.165, 1.54) is 0 Å². The van der Waals surface area contributed by atoms with Gasteiger partial charge in [0.1, 0.15) is 0 Å². The zero-order valence-corrected chi connectivity index (χ0v) is 16.9. The van der Waals surface area contributed by atoms with E-state index in [9.17, 15) is 9.59 Å². The molecule has 1 atom stereocenters. The number of methoxy groups -OCH3 is 2. The van der Waals surface area contributed by atoms with E-state index >= 15 is 0 Å². The minimum absolute atomic E-state index is 0.0328. The van der Waals surface area contributed by atoms with Gasteiger partial charge in [-0.15, -0.1) is 0 Å². The van der Waals surface area contributed by atoms with Crippen molar-refractivity contribution >= 4 is 11.8 Å². The van der Waals surface area contributed by atoms with Crippen molar-refractivity contribution in [2.24, 2.45) is 0 Å². The molecular formula is C23H26N2O4. The molecule has 0 saturated carbocycles. The Hall–Kier alpha value is -3.02. The van der Waals surface area contributed by atoms with Crippen molar-refractivity contribution in [3.63, 3.8) is 0 Å². The number of hydrogen-bond acceptors (Lipinski definition) is 4. The van der Waals surface area contributed by atoms with Gasteiger partial charge < -0.3 is 19.3 Å². The topological polar surface area (TPSA) is 59.1 Å². The molecule has 0 N–H and O–H groups in total. The first-order valence-electron chi connectivity index (χ1n) is 10.0. The molecule has 2 aromatic rings. The molecule has 6 heteroatoms. The van der Waals surface area contributed by atoms with Crippen LogP contribution in [0.1, 0.15) is 46.8 Å². The van der Waals surface area contributed by atoms with Gasteiger partial charge in [0.2, 0.25) is 5.91 Å². The van der Waals surface area contributed by atoms with Gasteiger partial charge in [-0.05, 0) is 42.2 Å². The van der Waals surface area contributed by atoms with E-state index in [2.05, 4.69) is 0 Å². The highest BCUT2D eigenvalue weighted by Gasteiger charge is 2.35. The van der Waals surface area contributed by atoms with Crippen LogP contribution in [0.4, 0.5) is 0 Å². The smallest absolute Gasteiger partial charge is 0.255 e. The van der Waals surface area contributed by atoms with Crippen LogP contribution < -0.4 is 9.47 Å². The quantitative estimate of drug-likeness (QED) is 0.753. The summed E-state index contributed by atoms with van der Waals surface area (Å²) in [5.74, 6) is 1.27. The molecule has 0 spiro atoms. The van der Waals surface area contributed by atoms with Crippen molar-refractivity contribution in [2.75, 3.05) is 27.3 Å². The van der Waals surface area contributed by atoms with Gasteiger partial charge in [-0.25, -0.2) is 0 Å². The van der Waals surface area contributed by atoms with E-state index < -0.39 is 0 Å². The van der Waals surface area contributed by atoms with Crippen molar-refractivity contribution < 1.29 is 19.1 Å². The van der Waals surface area contributed by atoms with Gasteiger partial charge in [0.25, 0.3) is 5.91 Å². The Balaban J connectivity index is 1.68. The van der Waals surface area contributed by atoms with E-state index in [4.69, 9.17) is 9.47 Å².